The van der Waals surface area contributed by atoms with Crippen molar-refractivity contribution in [2.45, 2.75) is 44.2 Å². The van der Waals surface area contributed by atoms with E-state index < -0.39 is 0 Å². The van der Waals surface area contributed by atoms with Gasteiger partial charge < -0.3 is 0 Å². The molecule has 1 heterocycles. The molecule has 2 heteroatoms. The quantitative estimate of drug-likeness (QED) is 0.590. The lowest BCUT2D eigenvalue weighted by Gasteiger charge is -2.48. The van der Waals surface area contributed by atoms with Crippen molar-refractivity contribution in [2.75, 3.05) is 20.1 Å². The van der Waals surface area contributed by atoms with Crippen LogP contribution in [0.5, 0.6) is 0 Å². The smallest absolute Gasteiger partial charge is 0.0709 e. The Kier molecular flexibility index (Phi) is 2.37. The highest BCUT2D eigenvalue weighted by Crippen LogP contribution is 2.32. The summed E-state index contributed by atoms with van der Waals surface area (Å²) in [6.45, 7) is 2.51. The molecule has 1 saturated heterocycles. The van der Waals surface area contributed by atoms with Gasteiger partial charge in [0.1, 0.15) is 0 Å². The van der Waals surface area contributed by atoms with Crippen LogP contribution in [-0.2, 0) is 0 Å². The van der Waals surface area contributed by atoms with Gasteiger partial charge in [-0.2, -0.15) is 0 Å². The second kappa shape index (κ2) is 3.35. The van der Waals surface area contributed by atoms with Crippen LogP contribution >= 0.6 is 0 Å². The molecule has 12 heavy (non-hydrogen) atoms. The third-order valence-electron chi connectivity index (χ3n) is 3.54. The van der Waals surface area contributed by atoms with Crippen molar-refractivity contribution >= 4 is 0 Å². The third kappa shape index (κ3) is 1.38. The molecule has 0 amide bonds. The van der Waals surface area contributed by atoms with Crippen molar-refractivity contribution < 1.29 is 0 Å². The first-order valence-corrected chi connectivity index (χ1v) is 5.30. The van der Waals surface area contributed by atoms with Gasteiger partial charge in [-0.25, -0.2) is 0 Å². The van der Waals surface area contributed by atoms with E-state index in [1.807, 2.05) is 0 Å². The first-order valence-electron chi connectivity index (χ1n) is 5.30. The monoisotopic (exact) mass is 168 g/mol. The summed E-state index contributed by atoms with van der Waals surface area (Å²) in [6, 6.07) is 0. The number of hydrogen-bond donors (Lipinski definition) is 1. The van der Waals surface area contributed by atoms with Crippen molar-refractivity contribution in [1.29, 1.82) is 0 Å². The first-order chi connectivity index (χ1) is 5.83. The molecule has 0 aromatic heterocycles. The van der Waals surface area contributed by atoms with Crippen LogP contribution in [0.1, 0.15) is 38.5 Å². The standard InChI is InChI=1S/C10H20N2/c1-12-9-5-8-11-10(12)6-3-2-4-7-10/h11H,2-9H2,1H3. The summed E-state index contributed by atoms with van der Waals surface area (Å²) in [5.74, 6) is 0. The molecule has 0 bridgehead atoms. The molecule has 2 nitrogen and oxygen atoms in total. The lowest BCUT2D eigenvalue weighted by atomic mass is 9.86. The van der Waals surface area contributed by atoms with Crippen LogP contribution in [0.3, 0.4) is 0 Å². The van der Waals surface area contributed by atoms with Gasteiger partial charge in [0.25, 0.3) is 0 Å². The van der Waals surface area contributed by atoms with Crippen LogP contribution in [0.4, 0.5) is 0 Å². The maximum absolute atomic E-state index is 3.71. The summed E-state index contributed by atoms with van der Waals surface area (Å²) in [6.07, 6.45) is 8.32. The molecule has 1 aliphatic heterocycles. The van der Waals surface area contributed by atoms with E-state index in [-0.39, 0.29) is 0 Å². The molecule has 0 radical (unpaired) electrons. The van der Waals surface area contributed by atoms with Crippen LogP contribution in [0.15, 0.2) is 0 Å². The highest BCUT2D eigenvalue weighted by atomic mass is 15.3. The molecular weight excluding hydrogens is 148 g/mol. The maximum Gasteiger partial charge on any atom is 0.0709 e. The van der Waals surface area contributed by atoms with Gasteiger partial charge in [0, 0.05) is 6.54 Å². The number of nitrogens with zero attached hydrogens (tertiary/aromatic N) is 1. The minimum atomic E-state index is 0.399. The zero-order chi connectivity index (χ0) is 8.44. The minimum Gasteiger partial charge on any atom is -0.299 e. The lowest BCUT2D eigenvalue weighted by Crippen LogP contribution is -2.62. The van der Waals surface area contributed by atoms with Crippen LogP contribution < -0.4 is 5.32 Å². The molecule has 1 spiro atoms. The van der Waals surface area contributed by atoms with Crippen LogP contribution in [0.2, 0.25) is 0 Å². The van der Waals surface area contributed by atoms with Gasteiger partial charge in [-0.05, 0) is 32.9 Å². The molecule has 0 aromatic rings. The Bertz CT molecular complexity index is 142. The van der Waals surface area contributed by atoms with Crippen molar-refractivity contribution in [3.63, 3.8) is 0 Å². The molecule has 1 saturated carbocycles. The normalized spacial score (nSPS) is 30.8. The van der Waals surface area contributed by atoms with E-state index in [0.29, 0.717) is 5.66 Å². The Hall–Kier alpha value is -0.0800. The summed E-state index contributed by atoms with van der Waals surface area (Å²) in [5.41, 5.74) is 0.399. The van der Waals surface area contributed by atoms with Crippen molar-refractivity contribution in [3.05, 3.63) is 0 Å². The van der Waals surface area contributed by atoms with Gasteiger partial charge >= 0.3 is 0 Å². The molecule has 0 unspecified atom stereocenters. The summed E-state index contributed by atoms with van der Waals surface area (Å²) < 4.78 is 0. The van der Waals surface area contributed by atoms with Crippen LogP contribution in [-0.4, -0.2) is 30.7 Å². The predicted molar refractivity (Wildman–Crippen MR) is 51.1 cm³/mol. The van der Waals surface area contributed by atoms with E-state index in [4.69, 9.17) is 0 Å². The highest BCUT2D eigenvalue weighted by Gasteiger charge is 2.36. The fourth-order valence-electron chi connectivity index (χ4n) is 2.68. The van der Waals surface area contributed by atoms with Gasteiger partial charge in [-0.3, -0.25) is 10.2 Å². The fourth-order valence-corrected chi connectivity index (χ4v) is 2.68. The van der Waals surface area contributed by atoms with E-state index in [1.54, 1.807) is 0 Å². The summed E-state index contributed by atoms with van der Waals surface area (Å²) >= 11 is 0. The van der Waals surface area contributed by atoms with E-state index in [9.17, 15) is 0 Å². The van der Waals surface area contributed by atoms with Gasteiger partial charge in [0.05, 0.1) is 5.66 Å². The average molecular weight is 168 g/mol. The molecule has 2 fully saturated rings. The SMILES string of the molecule is CN1CCCNC12CCCCC2. The van der Waals surface area contributed by atoms with Crippen LogP contribution in [0, 0.1) is 0 Å². The summed E-state index contributed by atoms with van der Waals surface area (Å²) in [7, 11) is 2.28. The molecular formula is C10H20N2. The minimum absolute atomic E-state index is 0.399. The lowest BCUT2D eigenvalue weighted by molar-refractivity contribution is 0.0171. The average Bonchev–Trinajstić information content (AvgIpc) is 2.12. The summed E-state index contributed by atoms with van der Waals surface area (Å²) in [4.78, 5) is 2.54. The molecule has 1 N–H and O–H groups in total. The third-order valence-corrected chi connectivity index (χ3v) is 3.54. The zero-order valence-electron chi connectivity index (χ0n) is 8.10. The van der Waals surface area contributed by atoms with E-state index in [2.05, 4.69) is 17.3 Å². The van der Waals surface area contributed by atoms with E-state index in [0.717, 1.165) is 0 Å². The van der Waals surface area contributed by atoms with E-state index in [1.165, 1.54) is 51.6 Å². The van der Waals surface area contributed by atoms with E-state index >= 15 is 0 Å². The zero-order valence-corrected chi connectivity index (χ0v) is 8.10. The highest BCUT2D eigenvalue weighted by molar-refractivity contribution is 4.91. The Balaban J connectivity index is 2.04. The Labute approximate surface area is 75.3 Å². The first kappa shape index (κ1) is 8.52. The molecule has 2 aliphatic rings. The number of hydrogen-bond acceptors (Lipinski definition) is 2. The Morgan fingerprint density at radius 2 is 1.83 bits per heavy atom. The molecule has 1 aliphatic carbocycles. The molecule has 70 valence electrons. The Morgan fingerprint density at radius 3 is 2.50 bits per heavy atom. The molecule has 2 rings (SSSR count). The molecule has 0 aromatic carbocycles. The topological polar surface area (TPSA) is 15.3 Å². The number of nitrogens with one attached hydrogen (secondary N) is 1. The fraction of sp³-hybridized carbons (Fsp3) is 1.00. The summed E-state index contributed by atoms with van der Waals surface area (Å²) in [5, 5.41) is 3.71. The maximum atomic E-state index is 3.71. The van der Waals surface area contributed by atoms with Gasteiger partial charge in [-0.15, -0.1) is 0 Å². The van der Waals surface area contributed by atoms with Crippen molar-refractivity contribution in [3.8, 4) is 0 Å². The number of rotatable bonds is 0. The van der Waals surface area contributed by atoms with Gasteiger partial charge in [0.15, 0.2) is 0 Å². The van der Waals surface area contributed by atoms with Crippen molar-refractivity contribution in [2.24, 2.45) is 0 Å². The Morgan fingerprint density at radius 1 is 1.08 bits per heavy atom. The van der Waals surface area contributed by atoms with Crippen LogP contribution in [0.25, 0.3) is 0 Å². The largest absolute Gasteiger partial charge is 0.299 e. The van der Waals surface area contributed by atoms with Gasteiger partial charge in [-0.1, -0.05) is 19.3 Å². The second-order valence-electron chi connectivity index (χ2n) is 4.29. The second-order valence-corrected chi connectivity index (χ2v) is 4.29. The molecule has 0 atom stereocenters. The van der Waals surface area contributed by atoms with Crippen molar-refractivity contribution in [1.82, 2.24) is 10.2 Å². The predicted octanol–water partition coefficient (Wildman–Crippen LogP) is 1.57. The van der Waals surface area contributed by atoms with Gasteiger partial charge in [0.2, 0.25) is 0 Å².